The Hall–Kier alpha value is 0.910. The number of rotatable bonds is 2. The van der Waals surface area contributed by atoms with Crippen molar-refractivity contribution < 1.29 is 0 Å². The third-order valence-electron chi connectivity index (χ3n) is 8.61. The van der Waals surface area contributed by atoms with Gasteiger partial charge in [-0.25, -0.2) is 0 Å². The molecule has 8 rings (SSSR count). The first-order valence-corrected chi connectivity index (χ1v) is 11.0. The van der Waals surface area contributed by atoms with Crippen LogP contribution in [0.25, 0.3) is 0 Å². The zero-order valence-electron chi connectivity index (χ0n) is 13.9. The molecule has 8 aliphatic rings. The zero-order chi connectivity index (χ0) is 13.7. The highest BCUT2D eigenvalue weighted by Gasteiger charge is 2.57. The molecule has 0 atom stereocenters. The van der Waals surface area contributed by atoms with Crippen molar-refractivity contribution in [3.8, 4) is 0 Å². The van der Waals surface area contributed by atoms with E-state index in [4.69, 9.17) is 0 Å². The van der Waals surface area contributed by atoms with Gasteiger partial charge in [0, 0.05) is 0 Å². The van der Waals surface area contributed by atoms with Crippen LogP contribution in [0.2, 0.25) is 0 Å². The average molecular weight is 383 g/mol. The maximum Gasteiger partial charge on any atom is -0.0109 e. The maximum atomic E-state index is 1.67. The minimum Gasteiger partial charge on any atom is -0.114 e. The lowest BCUT2D eigenvalue weighted by atomic mass is 9.55. The zero-order valence-corrected chi connectivity index (χ0v) is 16.6. The topological polar surface area (TPSA) is 0 Å². The van der Waals surface area contributed by atoms with Gasteiger partial charge in [-0.3, -0.25) is 0 Å². The van der Waals surface area contributed by atoms with Gasteiger partial charge >= 0.3 is 0 Å². The van der Waals surface area contributed by atoms with Crippen LogP contribution in [-0.2, 0) is 0 Å². The fourth-order valence-electron chi connectivity index (χ4n) is 9.09. The van der Waals surface area contributed by atoms with Crippen molar-refractivity contribution in [2.24, 2.45) is 35.5 Å². The molecular weight excluding hydrogens is 351 g/mol. The van der Waals surface area contributed by atoms with Gasteiger partial charge in [-0.1, -0.05) is 0 Å². The van der Waals surface area contributed by atoms with Crippen LogP contribution < -0.4 is 0 Å². The van der Waals surface area contributed by atoms with Crippen molar-refractivity contribution in [3.63, 3.8) is 0 Å². The minimum atomic E-state index is 0. The van der Waals surface area contributed by atoms with E-state index in [0.29, 0.717) is 0 Å². The normalized spacial score (nSPS) is 61.1. The molecule has 22 heavy (non-hydrogen) atoms. The summed E-state index contributed by atoms with van der Waals surface area (Å²) in [4.78, 5) is 0. The summed E-state index contributed by atoms with van der Waals surface area (Å²) in [6.07, 6.45) is 19.8. The second-order valence-corrected chi connectivity index (χ2v) is 12.9. The molecule has 0 amide bonds. The molecule has 2 heteroatoms. The molecule has 0 aromatic rings. The summed E-state index contributed by atoms with van der Waals surface area (Å²) >= 11 is 0. The first kappa shape index (κ1) is 15.2. The maximum absolute atomic E-state index is 1.67. The summed E-state index contributed by atoms with van der Waals surface area (Å²) in [7, 11) is 1.38. The molecule has 0 aromatic carbocycles. The van der Waals surface area contributed by atoms with E-state index >= 15 is 0 Å². The largest absolute Gasteiger partial charge is 0.114 e. The molecule has 0 saturated heterocycles. The van der Waals surface area contributed by atoms with E-state index in [-0.39, 0.29) is 17.0 Å². The molecule has 0 radical (unpaired) electrons. The van der Waals surface area contributed by atoms with E-state index in [0.717, 1.165) is 45.8 Å². The third-order valence-corrected chi connectivity index (χ3v) is 10.9. The van der Waals surface area contributed by atoms with Crippen LogP contribution in [0.3, 0.4) is 0 Å². The SMILES string of the molecule is Br.C1C2CC3CC1CC(PC14CC5CC(CC(C5)C1)C4)(C2)C3. The van der Waals surface area contributed by atoms with E-state index in [2.05, 4.69) is 0 Å². The molecule has 8 saturated carbocycles. The summed E-state index contributed by atoms with van der Waals surface area (Å²) in [5, 5.41) is 1.75. The van der Waals surface area contributed by atoms with Crippen LogP contribution >= 0.6 is 25.6 Å². The molecule has 0 N–H and O–H groups in total. The van der Waals surface area contributed by atoms with Crippen LogP contribution in [0.1, 0.15) is 77.0 Å². The van der Waals surface area contributed by atoms with Crippen molar-refractivity contribution in [1.82, 2.24) is 0 Å². The van der Waals surface area contributed by atoms with Gasteiger partial charge in [0.25, 0.3) is 0 Å². The molecule has 0 spiro atoms. The van der Waals surface area contributed by atoms with Gasteiger partial charge in [0.1, 0.15) is 0 Å². The highest BCUT2D eigenvalue weighted by molar-refractivity contribution is 8.93. The summed E-state index contributed by atoms with van der Waals surface area (Å²) in [5.41, 5.74) is 0. The molecule has 8 aliphatic carbocycles. The van der Waals surface area contributed by atoms with Gasteiger partial charge in [0.2, 0.25) is 0 Å². The van der Waals surface area contributed by atoms with E-state index in [1.54, 1.807) is 77.0 Å². The van der Waals surface area contributed by atoms with Gasteiger partial charge < -0.3 is 0 Å². The van der Waals surface area contributed by atoms with Crippen LogP contribution in [0.15, 0.2) is 0 Å². The summed E-state index contributed by atoms with van der Waals surface area (Å²) in [5.74, 6) is 6.99. The molecule has 8 fully saturated rings. The van der Waals surface area contributed by atoms with E-state index < -0.39 is 0 Å². The van der Waals surface area contributed by atoms with Gasteiger partial charge in [-0.2, -0.15) is 0 Å². The van der Waals surface area contributed by atoms with Crippen molar-refractivity contribution in [3.05, 3.63) is 0 Å². The highest BCUT2D eigenvalue weighted by Crippen LogP contribution is 2.71. The Morgan fingerprint density at radius 2 is 0.682 bits per heavy atom. The third kappa shape index (κ3) is 2.23. The first-order valence-electron chi connectivity index (χ1n) is 9.97. The lowest BCUT2D eigenvalue weighted by Crippen LogP contribution is -2.53. The van der Waals surface area contributed by atoms with Crippen LogP contribution in [0, 0.1) is 35.5 Å². The predicted octanol–water partition coefficient (Wildman–Crippen LogP) is 6.18. The second kappa shape index (κ2) is 4.97. The van der Waals surface area contributed by atoms with Crippen molar-refractivity contribution in [2.75, 3.05) is 0 Å². The molecule has 0 nitrogen and oxygen atoms in total. The van der Waals surface area contributed by atoms with Gasteiger partial charge in [-0.15, -0.1) is 25.6 Å². The molecular formula is C20H32BrP. The van der Waals surface area contributed by atoms with E-state index in [9.17, 15) is 0 Å². The van der Waals surface area contributed by atoms with Crippen LogP contribution in [-0.4, -0.2) is 10.3 Å². The fourth-order valence-corrected chi connectivity index (χ4v) is 12.6. The lowest BCUT2D eigenvalue weighted by Gasteiger charge is -2.63. The van der Waals surface area contributed by atoms with Gasteiger partial charge in [0.05, 0.1) is 0 Å². The predicted molar refractivity (Wildman–Crippen MR) is 100 cm³/mol. The molecule has 124 valence electrons. The smallest absolute Gasteiger partial charge is 0.0109 e. The van der Waals surface area contributed by atoms with Gasteiger partial charge in [0.15, 0.2) is 0 Å². The van der Waals surface area contributed by atoms with E-state index in [1.165, 1.54) is 8.58 Å². The van der Waals surface area contributed by atoms with Crippen molar-refractivity contribution in [2.45, 2.75) is 87.4 Å². The Labute approximate surface area is 148 Å². The monoisotopic (exact) mass is 382 g/mol. The van der Waals surface area contributed by atoms with Crippen LogP contribution in [0.5, 0.6) is 0 Å². The Kier molecular flexibility index (Phi) is 3.43. The highest BCUT2D eigenvalue weighted by atomic mass is 79.9. The summed E-state index contributed by atoms with van der Waals surface area (Å²) < 4.78 is 0. The molecule has 0 aliphatic heterocycles. The van der Waals surface area contributed by atoms with Crippen molar-refractivity contribution in [1.29, 1.82) is 0 Å². The molecule has 0 heterocycles. The Balaban J connectivity index is 0.00000113. The Morgan fingerprint density at radius 1 is 0.455 bits per heavy atom. The Morgan fingerprint density at radius 3 is 0.909 bits per heavy atom. The lowest BCUT2D eigenvalue weighted by molar-refractivity contribution is 0.0210. The molecule has 0 aromatic heterocycles. The summed E-state index contributed by atoms with van der Waals surface area (Å²) in [6, 6.07) is 0. The summed E-state index contributed by atoms with van der Waals surface area (Å²) in [6.45, 7) is 0. The standard InChI is InChI=1S/C20H31P.BrH/c1-13-2-15-3-14(1)8-19(7-13,9-15)21-20-10-16-4-17(11-20)6-18(5-16)12-20;/h13-18,21H,1-12H2;1H. The second-order valence-electron chi connectivity index (χ2n) is 10.5. The quantitative estimate of drug-likeness (QED) is 0.500. The first-order chi connectivity index (χ1) is 10.2. The molecule has 0 unspecified atom stereocenters. The number of halogens is 1. The fraction of sp³-hybridized carbons (Fsp3) is 1.00. The van der Waals surface area contributed by atoms with Gasteiger partial charge in [-0.05, 0) is 123 Å². The number of hydrogen-bond acceptors (Lipinski definition) is 0. The minimum absolute atomic E-state index is 0. The molecule has 8 bridgehead atoms. The Bertz CT molecular complexity index is 358. The van der Waals surface area contributed by atoms with Crippen LogP contribution in [0.4, 0.5) is 0 Å². The van der Waals surface area contributed by atoms with Crippen molar-refractivity contribution >= 4 is 25.6 Å². The average Bonchev–Trinajstić information content (AvgIpc) is 2.33. The number of hydrogen-bond donors (Lipinski definition) is 0. The van der Waals surface area contributed by atoms with E-state index in [1.807, 2.05) is 0 Å².